The minimum Gasteiger partial charge on any atom is -0.294 e. The van der Waals surface area contributed by atoms with Crippen LogP contribution in [0.2, 0.25) is 6.32 Å². The van der Waals surface area contributed by atoms with E-state index in [1.165, 1.54) is 0 Å². The van der Waals surface area contributed by atoms with Crippen LogP contribution in [0.15, 0.2) is 0 Å². The fraction of sp³-hybridized carbons (Fsp3) is 1.00. The number of nitrogens with zero attached hydrogens (tertiary/aromatic N) is 2. The molecule has 0 N–H and O–H groups in total. The van der Waals surface area contributed by atoms with Gasteiger partial charge in [-0.25, -0.2) is 0 Å². The molecule has 0 saturated heterocycles. The molecule has 0 fully saturated rings. The van der Waals surface area contributed by atoms with Crippen molar-refractivity contribution in [2.45, 2.75) is 32.6 Å². The molecule has 0 aromatic rings. The Kier molecular flexibility index (Phi) is 4.87. The molecule has 0 atom stereocenters. The van der Waals surface area contributed by atoms with Crippen molar-refractivity contribution in [3.8, 4) is 0 Å². The fourth-order valence-corrected chi connectivity index (χ4v) is 0.865. The maximum atomic E-state index is 5.45. The van der Waals surface area contributed by atoms with E-state index in [1.807, 2.05) is 0 Å². The highest BCUT2D eigenvalue weighted by Crippen LogP contribution is 2.10. The Balaban J connectivity index is 3.76. The minimum atomic E-state index is 0.239. The summed E-state index contributed by atoms with van der Waals surface area (Å²) in [7, 11) is 9.68. The van der Waals surface area contributed by atoms with Crippen LogP contribution in [0.25, 0.3) is 0 Å². The molecule has 2 nitrogen and oxygen atoms in total. The first-order valence-corrected chi connectivity index (χ1v) is 4.47. The van der Waals surface area contributed by atoms with Crippen LogP contribution in [-0.4, -0.2) is 50.5 Å². The van der Waals surface area contributed by atoms with Gasteiger partial charge in [-0.2, -0.15) is 0 Å². The lowest BCUT2D eigenvalue weighted by molar-refractivity contribution is 0.101. The predicted octanol–water partition coefficient (Wildman–Crippen LogP) is 1.19. The van der Waals surface area contributed by atoms with E-state index in [9.17, 15) is 0 Å². The molecule has 3 heteroatoms. The summed E-state index contributed by atoms with van der Waals surface area (Å²) in [4.78, 5) is 4.54. The summed E-state index contributed by atoms with van der Waals surface area (Å²) in [5.41, 5.74) is 0.239. The second-order valence-electron chi connectivity index (χ2n) is 4.38. The van der Waals surface area contributed by atoms with Crippen LogP contribution in [0.1, 0.15) is 20.8 Å². The van der Waals surface area contributed by atoms with Gasteiger partial charge in [0.2, 0.25) is 0 Å². The van der Waals surface area contributed by atoms with Gasteiger partial charge in [-0.15, -0.1) is 0 Å². The molecule has 70 valence electrons. The van der Waals surface area contributed by atoms with Crippen LogP contribution in [0.4, 0.5) is 0 Å². The van der Waals surface area contributed by atoms with Gasteiger partial charge in [0.05, 0.1) is 14.5 Å². The molecule has 0 aliphatic rings. The first kappa shape index (κ1) is 12.0. The zero-order valence-corrected chi connectivity index (χ0v) is 9.09. The van der Waals surface area contributed by atoms with Crippen LogP contribution < -0.4 is 0 Å². The van der Waals surface area contributed by atoms with Gasteiger partial charge in [0.1, 0.15) is 0 Å². The second kappa shape index (κ2) is 4.88. The third-order valence-electron chi connectivity index (χ3n) is 2.11. The first-order valence-electron chi connectivity index (χ1n) is 4.47. The van der Waals surface area contributed by atoms with E-state index in [4.69, 9.17) is 7.85 Å². The van der Waals surface area contributed by atoms with Crippen molar-refractivity contribution >= 4 is 7.85 Å². The van der Waals surface area contributed by atoms with Gasteiger partial charge in [-0.05, 0) is 41.4 Å². The highest BCUT2D eigenvalue weighted by Gasteiger charge is 2.17. The van der Waals surface area contributed by atoms with Crippen LogP contribution in [0.3, 0.4) is 0 Å². The monoisotopic (exact) mass is 168 g/mol. The molecular formula is C9H21BN2. The minimum absolute atomic E-state index is 0.239. The van der Waals surface area contributed by atoms with E-state index in [1.54, 1.807) is 0 Å². The summed E-state index contributed by atoms with van der Waals surface area (Å²) in [6, 6.07) is 0. The van der Waals surface area contributed by atoms with Crippen molar-refractivity contribution in [3.05, 3.63) is 0 Å². The SMILES string of the molecule is [B]CCN(C)CN(C)C(C)(C)C. The molecule has 0 bridgehead atoms. The zero-order chi connectivity index (χ0) is 9.78. The lowest BCUT2D eigenvalue weighted by Crippen LogP contribution is -2.44. The van der Waals surface area contributed by atoms with Gasteiger partial charge < -0.3 is 0 Å². The third kappa shape index (κ3) is 4.78. The van der Waals surface area contributed by atoms with Crippen molar-refractivity contribution in [1.29, 1.82) is 0 Å². The Labute approximate surface area is 78.3 Å². The Morgan fingerprint density at radius 2 is 1.67 bits per heavy atom. The van der Waals surface area contributed by atoms with E-state index in [-0.39, 0.29) is 5.54 Å². The molecular weight excluding hydrogens is 147 g/mol. The highest BCUT2D eigenvalue weighted by atomic mass is 15.3. The lowest BCUT2D eigenvalue weighted by Gasteiger charge is -2.35. The summed E-state index contributed by atoms with van der Waals surface area (Å²) in [5.74, 6) is 0. The van der Waals surface area contributed by atoms with Crippen molar-refractivity contribution in [2.24, 2.45) is 0 Å². The van der Waals surface area contributed by atoms with Crippen molar-refractivity contribution in [1.82, 2.24) is 9.80 Å². The van der Waals surface area contributed by atoms with Gasteiger partial charge in [0.25, 0.3) is 0 Å². The Morgan fingerprint density at radius 1 is 1.17 bits per heavy atom. The zero-order valence-electron chi connectivity index (χ0n) is 9.09. The highest BCUT2D eigenvalue weighted by molar-refractivity contribution is 6.08. The summed E-state index contributed by atoms with van der Waals surface area (Å²) in [6.07, 6.45) is 0.731. The quantitative estimate of drug-likeness (QED) is 0.459. The average molecular weight is 168 g/mol. The average Bonchev–Trinajstić information content (AvgIpc) is 1.85. The molecule has 0 aromatic heterocycles. The van der Waals surface area contributed by atoms with Crippen LogP contribution in [-0.2, 0) is 0 Å². The normalized spacial score (nSPS) is 12.9. The van der Waals surface area contributed by atoms with E-state index in [0.717, 1.165) is 19.5 Å². The summed E-state index contributed by atoms with van der Waals surface area (Å²) < 4.78 is 0. The smallest absolute Gasteiger partial charge is 0.0670 e. The maximum Gasteiger partial charge on any atom is 0.0670 e. The summed E-state index contributed by atoms with van der Waals surface area (Å²) in [5, 5.41) is 0. The maximum absolute atomic E-state index is 5.45. The predicted molar refractivity (Wildman–Crippen MR) is 55.6 cm³/mol. The fourth-order valence-electron chi connectivity index (χ4n) is 0.865. The van der Waals surface area contributed by atoms with Gasteiger partial charge in [0, 0.05) is 5.54 Å². The van der Waals surface area contributed by atoms with Gasteiger partial charge >= 0.3 is 0 Å². The summed E-state index contributed by atoms with van der Waals surface area (Å²) >= 11 is 0. The third-order valence-corrected chi connectivity index (χ3v) is 2.11. The van der Waals surface area contributed by atoms with E-state index in [2.05, 4.69) is 44.7 Å². The molecule has 0 heterocycles. The molecule has 0 rings (SSSR count). The van der Waals surface area contributed by atoms with Crippen molar-refractivity contribution in [3.63, 3.8) is 0 Å². The summed E-state index contributed by atoms with van der Waals surface area (Å²) in [6.45, 7) is 8.57. The van der Waals surface area contributed by atoms with Crippen LogP contribution in [0, 0.1) is 0 Å². The number of rotatable bonds is 4. The first-order chi connectivity index (χ1) is 5.38. The molecule has 0 spiro atoms. The number of hydrogen-bond donors (Lipinski definition) is 0. The van der Waals surface area contributed by atoms with Gasteiger partial charge in [0.15, 0.2) is 0 Å². The Hall–Kier alpha value is -0.0151. The molecule has 0 aromatic carbocycles. The van der Waals surface area contributed by atoms with E-state index >= 15 is 0 Å². The molecule has 0 unspecified atom stereocenters. The number of hydrogen-bond acceptors (Lipinski definition) is 2. The van der Waals surface area contributed by atoms with Crippen molar-refractivity contribution in [2.75, 3.05) is 27.3 Å². The lowest BCUT2D eigenvalue weighted by atomic mass is 10.1. The molecule has 0 aliphatic carbocycles. The molecule has 2 radical (unpaired) electrons. The molecule has 0 aliphatic heterocycles. The molecule has 0 saturated carbocycles. The van der Waals surface area contributed by atoms with Crippen LogP contribution >= 0.6 is 0 Å². The Bertz CT molecular complexity index is 120. The van der Waals surface area contributed by atoms with E-state index < -0.39 is 0 Å². The van der Waals surface area contributed by atoms with Crippen molar-refractivity contribution < 1.29 is 0 Å². The van der Waals surface area contributed by atoms with Gasteiger partial charge in [-0.3, -0.25) is 9.80 Å². The van der Waals surface area contributed by atoms with E-state index in [0.29, 0.717) is 0 Å². The van der Waals surface area contributed by atoms with Crippen LogP contribution in [0.5, 0.6) is 0 Å². The largest absolute Gasteiger partial charge is 0.294 e. The molecule has 12 heavy (non-hydrogen) atoms. The molecule has 0 amide bonds. The Morgan fingerprint density at radius 3 is 2.00 bits per heavy atom. The topological polar surface area (TPSA) is 6.48 Å². The second-order valence-corrected chi connectivity index (χ2v) is 4.38. The van der Waals surface area contributed by atoms with Gasteiger partial charge in [-0.1, -0.05) is 6.32 Å². The standard InChI is InChI=1S/C9H21BN2/c1-9(2,3)12(5)8-11(4)7-6-10/h6-8H2,1-5H3.